The molecule has 0 saturated heterocycles. The summed E-state index contributed by atoms with van der Waals surface area (Å²) in [6.45, 7) is 0.242. The fourth-order valence-electron chi connectivity index (χ4n) is 1.69. The smallest absolute Gasteiger partial charge is 0.242 e. The lowest BCUT2D eigenvalue weighted by atomic mass is 10.2. The van der Waals surface area contributed by atoms with E-state index in [1.807, 2.05) is 12.1 Å². The number of aromatic nitrogens is 1. The van der Waals surface area contributed by atoms with Gasteiger partial charge in [0.25, 0.3) is 0 Å². The highest BCUT2D eigenvalue weighted by molar-refractivity contribution is 9.10. The molecular formula is C13H11BrCl2N2O2S. The van der Waals surface area contributed by atoms with E-state index in [4.69, 9.17) is 23.2 Å². The molecule has 1 N–H and O–H groups in total. The van der Waals surface area contributed by atoms with Crippen molar-refractivity contribution >= 4 is 49.2 Å². The summed E-state index contributed by atoms with van der Waals surface area (Å²) in [7, 11) is -3.70. The summed E-state index contributed by atoms with van der Waals surface area (Å²) in [5.41, 5.74) is 0.948. The molecule has 0 atom stereocenters. The monoisotopic (exact) mass is 408 g/mol. The van der Waals surface area contributed by atoms with Crippen LogP contribution in [0, 0.1) is 0 Å². The summed E-state index contributed by atoms with van der Waals surface area (Å²) in [6, 6.07) is 8.68. The Kier molecular flexibility index (Phi) is 5.62. The second-order valence-corrected chi connectivity index (χ2v) is 7.67. The van der Waals surface area contributed by atoms with E-state index in [0.29, 0.717) is 15.9 Å². The third kappa shape index (κ3) is 4.66. The molecule has 0 aliphatic heterocycles. The molecule has 21 heavy (non-hydrogen) atoms. The largest absolute Gasteiger partial charge is 0.243 e. The molecule has 112 valence electrons. The molecule has 0 unspecified atom stereocenters. The first-order chi connectivity index (χ1) is 9.88. The minimum atomic E-state index is -3.70. The number of nitrogens with zero attached hydrogens (tertiary/aromatic N) is 1. The van der Waals surface area contributed by atoms with Gasteiger partial charge in [0, 0.05) is 22.2 Å². The van der Waals surface area contributed by atoms with Crippen LogP contribution < -0.4 is 4.72 Å². The Morgan fingerprint density at radius 1 is 1.24 bits per heavy atom. The lowest BCUT2D eigenvalue weighted by Gasteiger charge is -2.08. The standard InChI is InChI=1S/C13H11BrCl2N2O2S/c14-10-7-12(13(16)17-8-10)21(19,20)18-5-4-9-2-1-3-11(15)6-9/h1-3,6-8,18H,4-5H2. The average molecular weight is 410 g/mol. The van der Waals surface area contributed by atoms with Crippen molar-refractivity contribution in [2.75, 3.05) is 6.54 Å². The molecule has 0 aliphatic carbocycles. The Hall–Kier alpha value is -0.660. The first kappa shape index (κ1) is 16.7. The van der Waals surface area contributed by atoms with E-state index in [9.17, 15) is 8.42 Å². The topological polar surface area (TPSA) is 59.1 Å². The number of benzene rings is 1. The number of halogens is 3. The summed E-state index contributed by atoms with van der Waals surface area (Å²) in [4.78, 5) is 3.75. The number of hydrogen-bond acceptors (Lipinski definition) is 3. The van der Waals surface area contributed by atoms with Gasteiger partial charge in [-0.15, -0.1) is 0 Å². The third-order valence-electron chi connectivity index (χ3n) is 2.66. The Morgan fingerprint density at radius 3 is 2.71 bits per heavy atom. The SMILES string of the molecule is O=S(=O)(NCCc1cccc(Cl)c1)c1cc(Br)cnc1Cl. The van der Waals surface area contributed by atoms with Gasteiger partial charge in [-0.05, 0) is 46.1 Å². The van der Waals surface area contributed by atoms with E-state index in [-0.39, 0.29) is 16.6 Å². The summed E-state index contributed by atoms with van der Waals surface area (Å²) < 4.78 is 27.4. The second-order valence-electron chi connectivity index (χ2n) is 4.22. The molecule has 1 heterocycles. The molecule has 0 bridgehead atoms. The van der Waals surface area contributed by atoms with Gasteiger partial charge in [0.2, 0.25) is 10.0 Å². The molecule has 8 heteroatoms. The van der Waals surface area contributed by atoms with Gasteiger partial charge >= 0.3 is 0 Å². The van der Waals surface area contributed by atoms with Crippen molar-refractivity contribution in [2.24, 2.45) is 0 Å². The van der Waals surface area contributed by atoms with Crippen molar-refractivity contribution < 1.29 is 8.42 Å². The molecule has 1 aromatic heterocycles. The van der Waals surface area contributed by atoms with Crippen LogP contribution in [-0.2, 0) is 16.4 Å². The first-order valence-corrected chi connectivity index (χ1v) is 8.97. The van der Waals surface area contributed by atoms with Crippen LogP contribution in [0.25, 0.3) is 0 Å². The predicted molar refractivity (Wildman–Crippen MR) is 87.3 cm³/mol. The lowest BCUT2D eigenvalue weighted by Crippen LogP contribution is -2.26. The second kappa shape index (κ2) is 7.07. The number of rotatable bonds is 5. The van der Waals surface area contributed by atoms with Crippen LogP contribution >= 0.6 is 39.1 Å². The Bertz CT molecular complexity index is 754. The van der Waals surface area contributed by atoms with Crippen molar-refractivity contribution in [3.8, 4) is 0 Å². The molecule has 1 aromatic carbocycles. The molecule has 0 saturated carbocycles. The van der Waals surface area contributed by atoms with Crippen LogP contribution in [0.5, 0.6) is 0 Å². The fraction of sp³-hybridized carbons (Fsp3) is 0.154. The van der Waals surface area contributed by atoms with E-state index in [0.717, 1.165) is 5.56 Å². The Morgan fingerprint density at radius 2 is 2.00 bits per heavy atom. The van der Waals surface area contributed by atoms with Crippen molar-refractivity contribution in [1.82, 2.24) is 9.71 Å². The minimum absolute atomic E-state index is 0.0513. The zero-order chi connectivity index (χ0) is 15.5. The zero-order valence-corrected chi connectivity index (χ0v) is 14.6. The van der Waals surface area contributed by atoms with E-state index in [2.05, 4.69) is 25.6 Å². The number of sulfonamides is 1. The Balaban J connectivity index is 2.06. The summed E-state index contributed by atoms with van der Waals surface area (Å²) in [5.74, 6) is 0. The third-order valence-corrected chi connectivity index (χ3v) is 5.21. The zero-order valence-electron chi connectivity index (χ0n) is 10.7. The van der Waals surface area contributed by atoms with Gasteiger partial charge in [-0.25, -0.2) is 18.1 Å². The van der Waals surface area contributed by atoms with Gasteiger partial charge in [-0.3, -0.25) is 0 Å². The molecular weight excluding hydrogens is 399 g/mol. The number of pyridine rings is 1. The van der Waals surface area contributed by atoms with Gasteiger partial charge in [0.05, 0.1) is 0 Å². The van der Waals surface area contributed by atoms with Gasteiger partial charge in [-0.1, -0.05) is 35.3 Å². The quantitative estimate of drug-likeness (QED) is 0.766. The fourth-order valence-corrected chi connectivity index (χ4v) is 3.88. The maximum absolute atomic E-state index is 12.2. The van der Waals surface area contributed by atoms with E-state index in [1.165, 1.54) is 12.3 Å². The highest BCUT2D eigenvalue weighted by atomic mass is 79.9. The van der Waals surface area contributed by atoms with E-state index < -0.39 is 10.0 Å². The van der Waals surface area contributed by atoms with Gasteiger partial charge in [0.1, 0.15) is 10.0 Å². The summed E-state index contributed by atoms with van der Waals surface area (Å²) in [5, 5.41) is 0.558. The highest BCUT2D eigenvalue weighted by Crippen LogP contribution is 2.22. The van der Waals surface area contributed by atoms with Gasteiger partial charge < -0.3 is 0 Å². The first-order valence-electron chi connectivity index (χ1n) is 5.93. The van der Waals surface area contributed by atoms with E-state index in [1.54, 1.807) is 12.1 Å². The molecule has 0 aliphatic rings. The number of hydrogen-bond donors (Lipinski definition) is 1. The summed E-state index contributed by atoms with van der Waals surface area (Å²) >= 11 is 14.9. The normalized spacial score (nSPS) is 11.6. The average Bonchev–Trinajstić information content (AvgIpc) is 2.41. The maximum Gasteiger partial charge on any atom is 0.243 e. The molecule has 0 amide bonds. The minimum Gasteiger partial charge on any atom is -0.242 e. The van der Waals surface area contributed by atoms with Crippen LogP contribution in [0.3, 0.4) is 0 Å². The van der Waals surface area contributed by atoms with Gasteiger partial charge in [-0.2, -0.15) is 0 Å². The summed E-state index contributed by atoms with van der Waals surface area (Å²) in [6.07, 6.45) is 1.96. The van der Waals surface area contributed by atoms with Crippen molar-refractivity contribution in [2.45, 2.75) is 11.3 Å². The van der Waals surface area contributed by atoms with Crippen LogP contribution in [0.1, 0.15) is 5.56 Å². The predicted octanol–water partition coefficient (Wildman–Crippen LogP) is 3.67. The van der Waals surface area contributed by atoms with Crippen molar-refractivity contribution in [1.29, 1.82) is 0 Å². The Labute approximate surface area is 141 Å². The number of nitrogens with one attached hydrogen (secondary N) is 1. The molecule has 2 aromatic rings. The molecule has 0 spiro atoms. The lowest BCUT2D eigenvalue weighted by molar-refractivity contribution is 0.581. The molecule has 0 fully saturated rings. The van der Waals surface area contributed by atoms with Gasteiger partial charge in [0.15, 0.2) is 0 Å². The van der Waals surface area contributed by atoms with Crippen molar-refractivity contribution in [3.05, 3.63) is 56.7 Å². The molecule has 4 nitrogen and oxygen atoms in total. The van der Waals surface area contributed by atoms with Crippen LogP contribution in [0.15, 0.2) is 45.9 Å². The molecule has 0 radical (unpaired) electrons. The molecule has 2 rings (SSSR count). The maximum atomic E-state index is 12.2. The van der Waals surface area contributed by atoms with Crippen molar-refractivity contribution in [3.63, 3.8) is 0 Å². The highest BCUT2D eigenvalue weighted by Gasteiger charge is 2.18. The van der Waals surface area contributed by atoms with Crippen LogP contribution in [0.4, 0.5) is 0 Å². The van der Waals surface area contributed by atoms with E-state index >= 15 is 0 Å². The van der Waals surface area contributed by atoms with Crippen LogP contribution in [-0.4, -0.2) is 19.9 Å². The van der Waals surface area contributed by atoms with Crippen LogP contribution in [0.2, 0.25) is 10.2 Å².